The molecule has 108 valence electrons. The predicted molar refractivity (Wildman–Crippen MR) is 82.7 cm³/mol. The monoisotopic (exact) mass is 321 g/mol. The molecule has 2 aromatic rings. The Morgan fingerprint density at radius 2 is 1.95 bits per heavy atom. The van der Waals surface area contributed by atoms with Crippen LogP contribution in [0.1, 0.15) is 11.1 Å². The molecular formula is C16H13Cl2NO2. The number of halogens is 2. The van der Waals surface area contributed by atoms with Gasteiger partial charge >= 0.3 is 0 Å². The fraction of sp³-hybridized carbons (Fsp3) is 0.188. The van der Waals surface area contributed by atoms with E-state index in [1.165, 1.54) is 0 Å². The van der Waals surface area contributed by atoms with E-state index in [9.17, 15) is 4.79 Å². The zero-order chi connectivity index (χ0) is 14.8. The zero-order valence-corrected chi connectivity index (χ0v) is 12.7. The van der Waals surface area contributed by atoms with Crippen LogP contribution in [0.5, 0.6) is 5.75 Å². The van der Waals surface area contributed by atoms with Gasteiger partial charge in [0.2, 0.25) is 0 Å². The molecule has 0 aliphatic carbocycles. The molecular weight excluding hydrogens is 309 g/mol. The quantitative estimate of drug-likeness (QED) is 0.839. The van der Waals surface area contributed by atoms with Crippen LogP contribution >= 0.6 is 23.2 Å². The van der Waals surface area contributed by atoms with Gasteiger partial charge in [-0.25, -0.2) is 0 Å². The van der Waals surface area contributed by atoms with Crippen LogP contribution in [-0.4, -0.2) is 17.4 Å². The summed E-state index contributed by atoms with van der Waals surface area (Å²) in [4.78, 5) is 13.9. The second-order valence-electron chi connectivity index (χ2n) is 4.88. The van der Waals surface area contributed by atoms with Crippen molar-refractivity contribution in [2.24, 2.45) is 0 Å². The fourth-order valence-corrected chi connectivity index (χ4v) is 2.70. The van der Waals surface area contributed by atoms with Crippen LogP contribution in [0, 0.1) is 0 Å². The van der Waals surface area contributed by atoms with Gasteiger partial charge < -0.3 is 9.64 Å². The molecule has 21 heavy (non-hydrogen) atoms. The van der Waals surface area contributed by atoms with Crippen LogP contribution in [0.25, 0.3) is 0 Å². The van der Waals surface area contributed by atoms with Crippen molar-refractivity contribution >= 4 is 29.1 Å². The number of hydrogen-bond acceptors (Lipinski definition) is 2. The molecule has 1 aliphatic heterocycles. The van der Waals surface area contributed by atoms with Crippen LogP contribution in [0.2, 0.25) is 10.0 Å². The predicted octanol–water partition coefficient (Wildman–Crippen LogP) is 3.91. The maximum Gasteiger partial charge on any atom is 0.261 e. The maximum absolute atomic E-state index is 12.2. The lowest BCUT2D eigenvalue weighted by molar-refractivity contribution is -0.133. The average molecular weight is 322 g/mol. The minimum absolute atomic E-state index is 0.0269. The molecule has 0 radical (unpaired) electrons. The molecule has 0 fully saturated rings. The van der Waals surface area contributed by atoms with Crippen molar-refractivity contribution in [1.82, 2.24) is 4.90 Å². The van der Waals surface area contributed by atoms with E-state index in [0.717, 1.165) is 11.1 Å². The Morgan fingerprint density at radius 1 is 1.14 bits per heavy atom. The molecule has 1 aliphatic rings. The first kappa shape index (κ1) is 14.2. The van der Waals surface area contributed by atoms with Gasteiger partial charge in [-0.05, 0) is 29.8 Å². The number of carbonyl (C=O) groups is 1. The Balaban J connectivity index is 1.88. The van der Waals surface area contributed by atoms with Crippen LogP contribution in [-0.2, 0) is 17.9 Å². The van der Waals surface area contributed by atoms with Gasteiger partial charge in [0.05, 0.1) is 0 Å². The van der Waals surface area contributed by atoms with Crippen molar-refractivity contribution in [2.75, 3.05) is 6.61 Å². The molecule has 0 aromatic heterocycles. The summed E-state index contributed by atoms with van der Waals surface area (Å²) in [6.45, 7) is 0.937. The number of fused-ring (bicyclic) bond motifs is 1. The molecule has 3 nitrogen and oxygen atoms in total. The normalized spacial score (nSPS) is 14.4. The van der Waals surface area contributed by atoms with Gasteiger partial charge in [0.25, 0.3) is 5.91 Å². The van der Waals surface area contributed by atoms with E-state index in [2.05, 4.69) is 0 Å². The highest BCUT2D eigenvalue weighted by molar-refractivity contribution is 6.31. The summed E-state index contributed by atoms with van der Waals surface area (Å²) in [6.07, 6.45) is 0. The lowest BCUT2D eigenvalue weighted by atomic mass is 10.1. The molecule has 0 N–H and O–H groups in total. The highest BCUT2D eigenvalue weighted by Gasteiger charge is 2.22. The third kappa shape index (κ3) is 3.14. The largest absolute Gasteiger partial charge is 0.483 e. The standard InChI is InChI=1S/C16H13Cl2NO2/c17-13-5-6-15-12(7-13)9-19(16(20)10-21-15)8-11-3-1-2-4-14(11)18/h1-7H,8-10H2. The molecule has 5 heteroatoms. The molecule has 2 aromatic carbocycles. The van der Waals surface area contributed by atoms with E-state index in [1.54, 1.807) is 17.0 Å². The lowest BCUT2D eigenvalue weighted by Crippen LogP contribution is -2.31. The highest BCUT2D eigenvalue weighted by atomic mass is 35.5. The first-order valence-corrected chi connectivity index (χ1v) is 7.31. The van der Waals surface area contributed by atoms with Gasteiger partial charge in [-0.1, -0.05) is 41.4 Å². The summed E-state index contributed by atoms with van der Waals surface area (Å²) in [5.41, 5.74) is 1.82. The van der Waals surface area contributed by atoms with E-state index in [1.807, 2.05) is 30.3 Å². The Labute approximate surface area is 133 Å². The topological polar surface area (TPSA) is 29.5 Å². The second-order valence-corrected chi connectivity index (χ2v) is 5.73. The summed E-state index contributed by atoms with van der Waals surface area (Å²) in [7, 11) is 0. The van der Waals surface area contributed by atoms with Gasteiger partial charge in [0.1, 0.15) is 5.75 Å². The van der Waals surface area contributed by atoms with E-state index in [4.69, 9.17) is 27.9 Å². The first-order valence-electron chi connectivity index (χ1n) is 6.56. The Morgan fingerprint density at radius 3 is 2.76 bits per heavy atom. The molecule has 3 rings (SSSR count). The van der Waals surface area contributed by atoms with Crippen molar-refractivity contribution < 1.29 is 9.53 Å². The van der Waals surface area contributed by atoms with Crippen molar-refractivity contribution in [2.45, 2.75) is 13.1 Å². The Bertz CT molecular complexity index is 688. The number of amides is 1. The van der Waals surface area contributed by atoms with Crippen molar-refractivity contribution in [3.05, 3.63) is 63.6 Å². The summed E-state index contributed by atoms with van der Waals surface area (Å²) < 4.78 is 5.53. The number of hydrogen-bond donors (Lipinski definition) is 0. The van der Waals surface area contributed by atoms with Crippen molar-refractivity contribution in [3.63, 3.8) is 0 Å². The van der Waals surface area contributed by atoms with E-state index in [0.29, 0.717) is 28.9 Å². The maximum atomic E-state index is 12.2. The van der Waals surface area contributed by atoms with Crippen molar-refractivity contribution in [1.29, 1.82) is 0 Å². The molecule has 0 saturated heterocycles. The minimum atomic E-state index is -0.0674. The van der Waals surface area contributed by atoms with Crippen LogP contribution < -0.4 is 4.74 Å². The van der Waals surface area contributed by atoms with E-state index in [-0.39, 0.29) is 12.5 Å². The van der Waals surface area contributed by atoms with E-state index < -0.39 is 0 Å². The van der Waals surface area contributed by atoms with Crippen molar-refractivity contribution in [3.8, 4) is 5.75 Å². The van der Waals surface area contributed by atoms with Gasteiger partial charge in [-0.3, -0.25) is 4.79 Å². The molecule has 0 atom stereocenters. The summed E-state index contributed by atoms with van der Waals surface area (Å²) in [5.74, 6) is 0.636. The van der Waals surface area contributed by atoms with Crippen LogP contribution in [0.15, 0.2) is 42.5 Å². The molecule has 1 amide bonds. The van der Waals surface area contributed by atoms with Gasteiger partial charge in [-0.15, -0.1) is 0 Å². The molecule has 1 heterocycles. The summed E-state index contributed by atoms with van der Waals surface area (Å²) >= 11 is 12.2. The second kappa shape index (κ2) is 5.96. The number of benzene rings is 2. The summed E-state index contributed by atoms with van der Waals surface area (Å²) in [6, 6.07) is 12.9. The molecule has 0 bridgehead atoms. The fourth-order valence-electron chi connectivity index (χ4n) is 2.31. The third-order valence-electron chi connectivity index (χ3n) is 3.41. The number of nitrogens with zero attached hydrogens (tertiary/aromatic N) is 1. The Hall–Kier alpha value is -1.71. The highest BCUT2D eigenvalue weighted by Crippen LogP contribution is 2.28. The van der Waals surface area contributed by atoms with Gasteiger partial charge in [0.15, 0.2) is 6.61 Å². The number of ether oxygens (including phenoxy) is 1. The summed E-state index contributed by atoms with van der Waals surface area (Å²) in [5, 5.41) is 1.28. The van der Waals surface area contributed by atoms with E-state index >= 15 is 0 Å². The minimum Gasteiger partial charge on any atom is -0.483 e. The first-order chi connectivity index (χ1) is 10.1. The number of rotatable bonds is 2. The average Bonchev–Trinajstić information content (AvgIpc) is 2.61. The smallest absolute Gasteiger partial charge is 0.261 e. The zero-order valence-electron chi connectivity index (χ0n) is 11.2. The van der Waals surface area contributed by atoms with Crippen LogP contribution in [0.3, 0.4) is 0 Å². The van der Waals surface area contributed by atoms with Gasteiger partial charge in [-0.2, -0.15) is 0 Å². The van der Waals surface area contributed by atoms with Crippen LogP contribution in [0.4, 0.5) is 0 Å². The third-order valence-corrected chi connectivity index (χ3v) is 4.01. The molecule has 0 spiro atoms. The SMILES string of the molecule is O=C1COc2ccc(Cl)cc2CN1Cc1ccccc1Cl. The molecule has 0 saturated carbocycles. The molecule has 0 unspecified atom stereocenters. The number of carbonyl (C=O) groups excluding carboxylic acids is 1. The lowest BCUT2D eigenvalue weighted by Gasteiger charge is -2.20. The Kier molecular flexibility index (Phi) is 4.04. The van der Waals surface area contributed by atoms with Gasteiger partial charge in [0, 0.05) is 28.7 Å².